The Kier molecular flexibility index (Phi) is 9.08. The monoisotopic (exact) mass is 873 g/mol. The molecule has 10 aromatic rings. The second-order valence-corrected chi connectivity index (χ2v) is 20.1. The van der Waals surface area contributed by atoms with Gasteiger partial charge in [0.25, 0.3) is 0 Å². The fourth-order valence-electron chi connectivity index (χ4n) is 12.1. The molecule has 0 amide bonds. The van der Waals surface area contributed by atoms with Crippen LogP contribution in [0.4, 0.5) is 17.1 Å². The van der Waals surface area contributed by atoms with Crippen LogP contribution in [0.2, 0.25) is 0 Å². The molecule has 0 saturated carbocycles. The summed E-state index contributed by atoms with van der Waals surface area (Å²) < 4.78 is 6.57. The molecule has 2 nitrogen and oxygen atoms in total. The largest absolute Gasteiger partial charge is 0.455 e. The van der Waals surface area contributed by atoms with Gasteiger partial charge in [0.05, 0.1) is 0 Å². The Morgan fingerprint density at radius 1 is 0.441 bits per heavy atom. The van der Waals surface area contributed by atoms with Gasteiger partial charge in [0.15, 0.2) is 0 Å². The van der Waals surface area contributed by atoms with Crippen molar-refractivity contribution in [2.75, 3.05) is 4.90 Å². The predicted molar refractivity (Wildman–Crippen MR) is 286 cm³/mol. The summed E-state index contributed by atoms with van der Waals surface area (Å²) in [6.45, 7) is 9.64. The van der Waals surface area contributed by atoms with Crippen LogP contribution in [0, 0.1) is 5.92 Å². The second-order valence-electron chi connectivity index (χ2n) is 20.1. The molecule has 68 heavy (non-hydrogen) atoms. The van der Waals surface area contributed by atoms with E-state index in [1.54, 1.807) is 0 Å². The summed E-state index contributed by atoms with van der Waals surface area (Å²) in [7, 11) is 0. The lowest BCUT2D eigenvalue weighted by atomic mass is 9.75. The van der Waals surface area contributed by atoms with E-state index < -0.39 is 0 Å². The number of fused-ring (bicyclic) bond motifs is 9. The van der Waals surface area contributed by atoms with Crippen molar-refractivity contribution in [3.8, 4) is 55.6 Å². The first-order chi connectivity index (χ1) is 33.2. The molecule has 9 aromatic carbocycles. The van der Waals surface area contributed by atoms with Crippen molar-refractivity contribution in [2.24, 2.45) is 5.92 Å². The lowest BCUT2D eigenvalue weighted by Crippen LogP contribution is -2.24. The fraction of sp³-hybridized carbons (Fsp3) is 0.121. The van der Waals surface area contributed by atoms with E-state index in [1.807, 2.05) is 6.07 Å². The summed E-state index contributed by atoms with van der Waals surface area (Å²) in [4.78, 5) is 2.44. The maximum absolute atomic E-state index is 6.57. The third-order valence-electron chi connectivity index (χ3n) is 15.5. The molecule has 1 heterocycles. The number of allylic oxidation sites excluding steroid dienone is 4. The molecule has 1 unspecified atom stereocenters. The van der Waals surface area contributed by atoms with Crippen molar-refractivity contribution in [3.63, 3.8) is 0 Å². The lowest BCUT2D eigenvalue weighted by Gasteiger charge is -2.30. The summed E-state index contributed by atoms with van der Waals surface area (Å²) >= 11 is 0. The summed E-state index contributed by atoms with van der Waals surface area (Å²) in [5.74, 6) is 0.470. The van der Waals surface area contributed by atoms with Gasteiger partial charge in [-0.2, -0.15) is 0 Å². The van der Waals surface area contributed by atoms with Gasteiger partial charge >= 0.3 is 0 Å². The zero-order chi connectivity index (χ0) is 45.7. The van der Waals surface area contributed by atoms with E-state index in [9.17, 15) is 0 Å². The second kappa shape index (κ2) is 15.3. The summed E-state index contributed by atoms with van der Waals surface area (Å²) in [5.41, 5.74) is 24.3. The highest BCUT2D eigenvalue weighted by molar-refractivity contribution is 6.09. The maximum atomic E-state index is 6.57. The Labute approximate surface area is 399 Å². The van der Waals surface area contributed by atoms with Crippen molar-refractivity contribution >= 4 is 44.6 Å². The van der Waals surface area contributed by atoms with Crippen molar-refractivity contribution in [1.82, 2.24) is 0 Å². The Bertz CT molecular complexity index is 3700. The molecular weight excluding hydrogens is 823 g/mol. The molecule has 326 valence electrons. The number of furan rings is 1. The molecule has 3 aliphatic carbocycles. The minimum absolute atomic E-state index is 0.000716. The predicted octanol–water partition coefficient (Wildman–Crippen LogP) is 18.3. The Balaban J connectivity index is 0.933. The molecule has 0 bridgehead atoms. The highest BCUT2D eigenvalue weighted by Gasteiger charge is 2.43. The van der Waals surface area contributed by atoms with Crippen LogP contribution >= 0.6 is 0 Å². The number of para-hydroxylation sites is 2. The summed E-state index contributed by atoms with van der Waals surface area (Å²) in [6.07, 6.45) is 7.97. The molecule has 0 saturated heterocycles. The van der Waals surface area contributed by atoms with Crippen LogP contribution in [0.3, 0.4) is 0 Å². The van der Waals surface area contributed by atoms with Gasteiger partial charge in [-0.3, -0.25) is 0 Å². The van der Waals surface area contributed by atoms with Gasteiger partial charge in [0.1, 0.15) is 11.2 Å². The van der Waals surface area contributed by atoms with Crippen LogP contribution in [-0.2, 0) is 10.8 Å². The quantitative estimate of drug-likeness (QED) is 0.159. The minimum Gasteiger partial charge on any atom is -0.455 e. The van der Waals surface area contributed by atoms with Gasteiger partial charge in [-0.15, -0.1) is 0 Å². The van der Waals surface area contributed by atoms with Gasteiger partial charge in [-0.1, -0.05) is 185 Å². The number of hydrogen-bond donors (Lipinski definition) is 0. The summed E-state index contributed by atoms with van der Waals surface area (Å²) in [5, 5.41) is 2.27. The van der Waals surface area contributed by atoms with E-state index in [0.717, 1.165) is 56.5 Å². The first kappa shape index (κ1) is 40.3. The van der Waals surface area contributed by atoms with Crippen molar-refractivity contribution < 1.29 is 4.42 Å². The fourth-order valence-corrected chi connectivity index (χ4v) is 12.1. The number of nitrogens with zero attached hydrogens (tertiary/aromatic N) is 1. The Morgan fingerprint density at radius 2 is 1.09 bits per heavy atom. The van der Waals surface area contributed by atoms with E-state index in [2.05, 4.69) is 245 Å². The van der Waals surface area contributed by atoms with Crippen LogP contribution in [-0.4, -0.2) is 0 Å². The first-order valence-corrected chi connectivity index (χ1v) is 24.1. The molecule has 0 radical (unpaired) electrons. The maximum Gasteiger partial charge on any atom is 0.143 e. The Hall–Kier alpha value is -7.94. The Morgan fingerprint density at radius 3 is 1.91 bits per heavy atom. The van der Waals surface area contributed by atoms with Crippen LogP contribution < -0.4 is 4.90 Å². The molecule has 0 aliphatic heterocycles. The summed E-state index contributed by atoms with van der Waals surface area (Å²) in [6, 6.07) is 73.9. The zero-order valence-corrected chi connectivity index (χ0v) is 38.9. The third-order valence-corrected chi connectivity index (χ3v) is 15.5. The average molecular weight is 874 g/mol. The standard InChI is InChI=1S/C66H51NO/c1-65(2)59-27-13-11-23-52(59)53-35-34-50(41-61(53)65)67(49-22-15-21-46(37-49)51-25-16-26-55-54-24-12-14-28-62(54)68-64(51)55)48-32-29-43(30-33-48)45-31-36-60-57(38-45)58-40-47(42-17-7-5-8-18-42)39-56(63(58)66(60,3)4)44-19-9-6-10-20-44/h5-26,28-41,59H,27H2,1-4H3. The van der Waals surface area contributed by atoms with Crippen LogP contribution in [0.1, 0.15) is 56.4 Å². The zero-order valence-electron chi connectivity index (χ0n) is 38.9. The topological polar surface area (TPSA) is 16.4 Å². The van der Waals surface area contributed by atoms with E-state index in [1.165, 1.54) is 72.3 Å². The molecule has 0 fully saturated rings. The van der Waals surface area contributed by atoms with Crippen LogP contribution in [0.5, 0.6) is 0 Å². The van der Waals surface area contributed by atoms with Gasteiger partial charge in [0, 0.05) is 38.8 Å². The normalized spacial score (nSPS) is 16.0. The van der Waals surface area contributed by atoms with Gasteiger partial charge in [-0.25, -0.2) is 0 Å². The lowest BCUT2D eigenvalue weighted by molar-refractivity contribution is 0.415. The van der Waals surface area contributed by atoms with Crippen LogP contribution in [0.25, 0.3) is 83.1 Å². The molecule has 13 rings (SSSR count). The average Bonchev–Trinajstić information content (AvgIpc) is 3.96. The van der Waals surface area contributed by atoms with E-state index in [0.29, 0.717) is 5.92 Å². The molecule has 2 heteroatoms. The van der Waals surface area contributed by atoms with Gasteiger partial charge in [-0.05, 0) is 156 Å². The van der Waals surface area contributed by atoms with E-state index >= 15 is 0 Å². The highest BCUT2D eigenvalue weighted by atomic mass is 16.3. The molecule has 0 spiro atoms. The number of benzene rings is 9. The molecule has 0 N–H and O–H groups in total. The molecule has 1 atom stereocenters. The van der Waals surface area contributed by atoms with Crippen molar-refractivity contribution in [3.05, 3.63) is 241 Å². The number of anilines is 3. The minimum atomic E-state index is -0.173. The molecule has 1 aromatic heterocycles. The SMILES string of the molecule is CC1(C)c2ccc(-c3ccc(N(c4cccc(-c5cccc6c5oc5ccccc56)c4)c4ccc5c(c4)C(C)(C)C4CC=CC=C54)cc3)cc2-c2cc(-c3ccccc3)cc(-c3ccccc3)c21. The molecule has 3 aliphatic rings. The van der Waals surface area contributed by atoms with Crippen LogP contribution in [0.15, 0.2) is 223 Å². The number of rotatable bonds is 7. The smallest absolute Gasteiger partial charge is 0.143 e. The van der Waals surface area contributed by atoms with E-state index in [-0.39, 0.29) is 10.8 Å². The highest BCUT2D eigenvalue weighted by Crippen LogP contribution is 2.56. The third kappa shape index (κ3) is 6.24. The van der Waals surface area contributed by atoms with Gasteiger partial charge in [0.2, 0.25) is 0 Å². The van der Waals surface area contributed by atoms with E-state index in [4.69, 9.17) is 4.42 Å². The van der Waals surface area contributed by atoms with Gasteiger partial charge < -0.3 is 9.32 Å². The number of hydrogen-bond acceptors (Lipinski definition) is 2. The first-order valence-electron chi connectivity index (χ1n) is 24.1. The van der Waals surface area contributed by atoms with Crippen molar-refractivity contribution in [1.29, 1.82) is 0 Å². The van der Waals surface area contributed by atoms with Crippen molar-refractivity contribution in [2.45, 2.75) is 44.9 Å². The molecular formula is C66H51NO.